The van der Waals surface area contributed by atoms with Crippen molar-refractivity contribution in [3.8, 4) is 23.3 Å². The number of nitrogens with zero attached hydrogens (tertiary/aromatic N) is 1. The Morgan fingerprint density at radius 2 is 1.77 bits per heavy atom. The molecule has 0 amide bonds. The highest BCUT2D eigenvalue weighted by Crippen LogP contribution is 2.36. The molecule has 0 aliphatic heterocycles. The third-order valence-corrected chi connectivity index (χ3v) is 4.05. The SMILES string of the molecule is C=CCOc1c(Cl)cc(/C=C(\C#N)c2ccc(OC)c(OC)c2)cc1Cl. The summed E-state index contributed by atoms with van der Waals surface area (Å²) in [6.45, 7) is 3.88. The van der Waals surface area contributed by atoms with Crippen LogP contribution < -0.4 is 14.2 Å². The van der Waals surface area contributed by atoms with Crippen LogP contribution in [0.5, 0.6) is 17.2 Å². The van der Waals surface area contributed by atoms with Crippen molar-refractivity contribution in [2.45, 2.75) is 0 Å². The van der Waals surface area contributed by atoms with Crippen LogP contribution in [0.15, 0.2) is 43.0 Å². The van der Waals surface area contributed by atoms with Gasteiger partial charge in [-0.15, -0.1) is 0 Å². The van der Waals surface area contributed by atoms with Crippen LogP contribution in [0, 0.1) is 11.3 Å². The fraction of sp³-hybridized carbons (Fsp3) is 0.150. The van der Waals surface area contributed by atoms with Crippen LogP contribution in [0.1, 0.15) is 11.1 Å². The molecule has 0 heterocycles. The summed E-state index contributed by atoms with van der Waals surface area (Å²) in [5.41, 5.74) is 1.79. The van der Waals surface area contributed by atoms with Gasteiger partial charge in [0.05, 0.1) is 35.9 Å². The Bertz CT molecular complexity index is 862. The summed E-state index contributed by atoms with van der Waals surface area (Å²) < 4.78 is 15.9. The van der Waals surface area contributed by atoms with Crippen molar-refractivity contribution in [3.63, 3.8) is 0 Å². The number of hydrogen-bond donors (Lipinski definition) is 0. The minimum atomic E-state index is 0.295. The Morgan fingerprint density at radius 3 is 2.31 bits per heavy atom. The molecule has 0 fully saturated rings. The van der Waals surface area contributed by atoms with Crippen LogP contribution >= 0.6 is 23.2 Å². The van der Waals surface area contributed by atoms with E-state index in [0.29, 0.717) is 50.6 Å². The topological polar surface area (TPSA) is 51.5 Å². The van der Waals surface area contributed by atoms with Gasteiger partial charge in [-0.2, -0.15) is 5.26 Å². The van der Waals surface area contributed by atoms with Crippen LogP contribution in [0.2, 0.25) is 10.0 Å². The molecule has 0 aliphatic rings. The molecule has 0 aliphatic carbocycles. The van der Waals surface area contributed by atoms with Gasteiger partial charge in [0.2, 0.25) is 0 Å². The Balaban J connectivity index is 2.43. The number of allylic oxidation sites excluding steroid dienone is 1. The highest BCUT2D eigenvalue weighted by Gasteiger charge is 2.11. The van der Waals surface area contributed by atoms with Gasteiger partial charge in [0.15, 0.2) is 17.2 Å². The second kappa shape index (κ2) is 9.19. The number of hydrogen-bond acceptors (Lipinski definition) is 4. The second-order valence-corrected chi connectivity index (χ2v) is 5.97. The van der Waals surface area contributed by atoms with E-state index < -0.39 is 0 Å². The normalized spacial score (nSPS) is 10.8. The van der Waals surface area contributed by atoms with Gasteiger partial charge in [0.1, 0.15) is 6.61 Å². The molecule has 26 heavy (non-hydrogen) atoms. The van der Waals surface area contributed by atoms with Gasteiger partial charge in [-0.1, -0.05) is 35.9 Å². The Kier molecular flexibility index (Phi) is 6.97. The highest BCUT2D eigenvalue weighted by atomic mass is 35.5. The Labute approximate surface area is 162 Å². The van der Waals surface area contributed by atoms with Crippen molar-refractivity contribution in [3.05, 3.63) is 64.2 Å². The minimum absolute atomic E-state index is 0.295. The predicted octanol–water partition coefficient (Wildman–Crippen LogP) is 5.64. The monoisotopic (exact) mass is 389 g/mol. The third-order valence-electron chi connectivity index (χ3n) is 3.49. The lowest BCUT2D eigenvalue weighted by Crippen LogP contribution is -1.95. The van der Waals surface area contributed by atoms with Crippen LogP contribution in [0.3, 0.4) is 0 Å². The van der Waals surface area contributed by atoms with E-state index in [1.165, 1.54) is 0 Å². The van der Waals surface area contributed by atoms with Crippen molar-refractivity contribution in [1.82, 2.24) is 0 Å². The Morgan fingerprint density at radius 1 is 1.12 bits per heavy atom. The smallest absolute Gasteiger partial charge is 0.161 e. The van der Waals surface area contributed by atoms with Crippen molar-refractivity contribution in [2.24, 2.45) is 0 Å². The summed E-state index contributed by atoms with van der Waals surface area (Å²) in [7, 11) is 3.09. The van der Waals surface area contributed by atoms with E-state index in [4.69, 9.17) is 37.4 Å². The molecule has 0 saturated carbocycles. The molecule has 0 unspecified atom stereocenters. The second-order valence-electron chi connectivity index (χ2n) is 5.15. The minimum Gasteiger partial charge on any atom is -0.493 e. The van der Waals surface area contributed by atoms with E-state index in [-0.39, 0.29) is 0 Å². The average Bonchev–Trinajstić information content (AvgIpc) is 2.65. The van der Waals surface area contributed by atoms with E-state index in [0.717, 1.165) is 0 Å². The lowest BCUT2D eigenvalue weighted by Gasteiger charge is -2.10. The average molecular weight is 390 g/mol. The van der Waals surface area contributed by atoms with Gasteiger partial charge in [-0.25, -0.2) is 0 Å². The first-order valence-corrected chi connectivity index (χ1v) is 8.36. The maximum absolute atomic E-state index is 9.55. The first-order valence-electron chi connectivity index (χ1n) is 7.61. The van der Waals surface area contributed by atoms with E-state index in [2.05, 4.69) is 12.6 Å². The summed E-state index contributed by atoms with van der Waals surface area (Å²) in [6, 6.07) is 10.8. The zero-order valence-electron chi connectivity index (χ0n) is 14.4. The molecule has 6 heteroatoms. The maximum atomic E-state index is 9.55. The number of ether oxygens (including phenoxy) is 3. The summed E-state index contributed by atoms with van der Waals surface area (Å²) in [5, 5.41) is 10.3. The molecule has 0 saturated heterocycles. The maximum Gasteiger partial charge on any atom is 0.161 e. The third kappa shape index (κ3) is 4.51. The van der Waals surface area contributed by atoms with Crippen LogP contribution in [-0.2, 0) is 0 Å². The molecular weight excluding hydrogens is 373 g/mol. The molecule has 4 nitrogen and oxygen atoms in total. The molecule has 134 valence electrons. The van der Waals surface area contributed by atoms with Crippen LogP contribution in [0.25, 0.3) is 11.6 Å². The van der Waals surface area contributed by atoms with Crippen LogP contribution in [0.4, 0.5) is 0 Å². The number of nitriles is 1. The summed E-state index contributed by atoms with van der Waals surface area (Å²) in [4.78, 5) is 0. The zero-order chi connectivity index (χ0) is 19.1. The van der Waals surface area contributed by atoms with Gasteiger partial charge >= 0.3 is 0 Å². The largest absolute Gasteiger partial charge is 0.493 e. The number of benzene rings is 2. The zero-order valence-corrected chi connectivity index (χ0v) is 15.9. The van der Waals surface area contributed by atoms with Gasteiger partial charge in [-0.05, 0) is 47.5 Å². The van der Waals surface area contributed by atoms with Gasteiger partial charge in [0, 0.05) is 0 Å². The number of halogens is 2. The van der Waals surface area contributed by atoms with Gasteiger partial charge in [-0.3, -0.25) is 0 Å². The van der Waals surface area contributed by atoms with E-state index in [9.17, 15) is 5.26 Å². The van der Waals surface area contributed by atoms with Crippen molar-refractivity contribution < 1.29 is 14.2 Å². The first kappa shape index (κ1) is 19.7. The summed E-state index contributed by atoms with van der Waals surface area (Å²) in [6.07, 6.45) is 3.29. The number of rotatable bonds is 7. The van der Waals surface area contributed by atoms with Crippen molar-refractivity contribution >= 4 is 34.9 Å². The van der Waals surface area contributed by atoms with E-state index >= 15 is 0 Å². The lowest BCUT2D eigenvalue weighted by atomic mass is 10.0. The molecule has 0 bridgehead atoms. The molecular formula is C20H17Cl2NO3. The molecule has 0 aromatic heterocycles. The van der Waals surface area contributed by atoms with Crippen molar-refractivity contribution in [1.29, 1.82) is 5.26 Å². The van der Waals surface area contributed by atoms with Crippen molar-refractivity contribution in [2.75, 3.05) is 20.8 Å². The summed E-state index contributed by atoms with van der Waals surface area (Å²) in [5.74, 6) is 1.51. The molecule has 2 aromatic rings. The van der Waals surface area contributed by atoms with E-state index in [1.807, 2.05) is 0 Å². The summed E-state index contributed by atoms with van der Waals surface area (Å²) >= 11 is 12.5. The van der Waals surface area contributed by atoms with Gasteiger partial charge in [0.25, 0.3) is 0 Å². The number of methoxy groups -OCH3 is 2. The predicted molar refractivity (Wildman–Crippen MR) is 105 cm³/mol. The molecule has 0 radical (unpaired) electrons. The first-order chi connectivity index (χ1) is 12.5. The fourth-order valence-electron chi connectivity index (χ4n) is 2.29. The molecule has 2 rings (SSSR count). The van der Waals surface area contributed by atoms with Crippen LogP contribution in [-0.4, -0.2) is 20.8 Å². The molecule has 0 N–H and O–H groups in total. The van der Waals surface area contributed by atoms with Gasteiger partial charge < -0.3 is 14.2 Å². The Hall–Kier alpha value is -2.61. The van der Waals surface area contributed by atoms with E-state index in [1.54, 1.807) is 56.7 Å². The molecule has 0 atom stereocenters. The quantitative estimate of drug-likeness (QED) is 0.349. The fourth-order valence-corrected chi connectivity index (χ4v) is 2.91. The lowest BCUT2D eigenvalue weighted by molar-refractivity contribution is 0.355. The standard InChI is InChI=1S/C20H17Cl2NO3/c1-4-7-26-20-16(21)9-13(10-17(20)22)8-15(12-23)14-5-6-18(24-2)19(11-14)25-3/h4-6,8-11H,1,7H2,2-3H3/b15-8+. The molecule has 0 spiro atoms. The highest BCUT2D eigenvalue weighted by molar-refractivity contribution is 6.37. The molecule has 2 aromatic carbocycles.